The molecule has 0 aromatic heterocycles. The van der Waals surface area contributed by atoms with E-state index in [1.165, 1.54) is 17.0 Å². The summed E-state index contributed by atoms with van der Waals surface area (Å²) in [6.45, 7) is 1.84. The normalized spacial score (nSPS) is 11.8. The van der Waals surface area contributed by atoms with Gasteiger partial charge in [0.15, 0.2) is 0 Å². The van der Waals surface area contributed by atoms with Crippen LogP contribution < -0.4 is 4.74 Å². The van der Waals surface area contributed by atoms with Crippen LogP contribution in [0.4, 0.5) is 9.18 Å². The summed E-state index contributed by atoms with van der Waals surface area (Å²) in [5.41, 5.74) is 1.52. The molecule has 2 N–H and O–H groups in total. The van der Waals surface area contributed by atoms with E-state index in [9.17, 15) is 14.3 Å². The molecule has 0 radical (unpaired) electrons. The van der Waals surface area contributed by atoms with Gasteiger partial charge in [-0.1, -0.05) is 24.3 Å². The van der Waals surface area contributed by atoms with Crippen molar-refractivity contribution in [3.63, 3.8) is 0 Å². The molecule has 1 atom stereocenters. The van der Waals surface area contributed by atoms with Crippen molar-refractivity contribution < 1.29 is 24.1 Å². The highest BCUT2D eigenvalue weighted by Crippen LogP contribution is 2.17. The van der Waals surface area contributed by atoms with Crippen molar-refractivity contribution in [2.75, 3.05) is 6.61 Å². The van der Waals surface area contributed by atoms with Gasteiger partial charge in [-0.15, -0.1) is 0 Å². The van der Waals surface area contributed by atoms with Crippen LogP contribution >= 0.6 is 0 Å². The highest BCUT2D eigenvalue weighted by atomic mass is 19.1. The lowest BCUT2D eigenvalue weighted by Crippen LogP contribution is -2.39. The summed E-state index contributed by atoms with van der Waals surface area (Å²) in [5, 5.41) is 18.3. The molecular formula is C18H20FNO4. The van der Waals surface area contributed by atoms with Crippen LogP contribution in [-0.4, -0.2) is 33.9 Å². The molecular weight excluding hydrogens is 313 g/mol. The fraction of sp³-hybridized carbons (Fsp3) is 0.278. The van der Waals surface area contributed by atoms with Gasteiger partial charge in [-0.3, -0.25) is 4.90 Å². The molecule has 0 heterocycles. The minimum absolute atomic E-state index is 0.182. The number of hydrogen-bond acceptors (Lipinski definition) is 3. The van der Waals surface area contributed by atoms with E-state index in [-0.39, 0.29) is 25.6 Å². The van der Waals surface area contributed by atoms with Crippen molar-refractivity contribution in [1.82, 2.24) is 4.90 Å². The molecule has 0 aliphatic rings. The Morgan fingerprint density at radius 2 is 1.92 bits per heavy atom. The summed E-state index contributed by atoms with van der Waals surface area (Å²) < 4.78 is 18.7. The Balaban J connectivity index is 1.96. The van der Waals surface area contributed by atoms with Gasteiger partial charge in [-0.2, -0.15) is 0 Å². The van der Waals surface area contributed by atoms with E-state index >= 15 is 0 Å². The van der Waals surface area contributed by atoms with E-state index in [2.05, 4.69) is 0 Å². The number of nitrogens with zero attached hydrogens (tertiary/aromatic N) is 1. The Labute approximate surface area is 139 Å². The van der Waals surface area contributed by atoms with Crippen molar-refractivity contribution in [3.05, 3.63) is 65.5 Å². The molecule has 0 aliphatic carbocycles. The van der Waals surface area contributed by atoms with Crippen LogP contribution in [0.2, 0.25) is 0 Å². The lowest BCUT2D eigenvalue weighted by molar-refractivity contribution is 0.0999. The number of aliphatic hydroxyl groups is 1. The second-order valence-electron chi connectivity index (χ2n) is 5.50. The quantitative estimate of drug-likeness (QED) is 0.816. The molecule has 0 saturated carbocycles. The Hall–Kier alpha value is -2.60. The molecule has 1 unspecified atom stereocenters. The van der Waals surface area contributed by atoms with Gasteiger partial charge in [0.05, 0.1) is 12.6 Å². The lowest BCUT2D eigenvalue weighted by Gasteiger charge is -2.25. The number of carbonyl (C=O) groups is 1. The minimum Gasteiger partial charge on any atom is -0.489 e. The Morgan fingerprint density at radius 1 is 1.21 bits per heavy atom. The fourth-order valence-electron chi connectivity index (χ4n) is 2.19. The van der Waals surface area contributed by atoms with Gasteiger partial charge >= 0.3 is 6.09 Å². The van der Waals surface area contributed by atoms with Crippen molar-refractivity contribution in [2.24, 2.45) is 0 Å². The summed E-state index contributed by atoms with van der Waals surface area (Å²) >= 11 is 0. The number of aliphatic hydroxyl groups excluding tert-OH is 1. The maximum Gasteiger partial charge on any atom is 0.407 e. The molecule has 0 aliphatic heterocycles. The maximum absolute atomic E-state index is 13.1. The van der Waals surface area contributed by atoms with E-state index in [1.54, 1.807) is 43.3 Å². The molecule has 128 valence electrons. The van der Waals surface area contributed by atoms with Gasteiger partial charge in [0.2, 0.25) is 0 Å². The van der Waals surface area contributed by atoms with E-state index in [0.29, 0.717) is 5.75 Å². The smallest absolute Gasteiger partial charge is 0.407 e. The summed E-state index contributed by atoms with van der Waals surface area (Å²) in [6, 6.07) is 12.7. The summed E-state index contributed by atoms with van der Waals surface area (Å²) in [4.78, 5) is 12.4. The van der Waals surface area contributed by atoms with Crippen LogP contribution in [0.1, 0.15) is 18.1 Å². The predicted molar refractivity (Wildman–Crippen MR) is 87.3 cm³/mol. The van der Waals surface area contributed by atoms with Crippen LogP contribution in [0.3, 0.4) is 0 Å². The van der Waals surface area contributed by atoms with Gasteiger partial charge in [0.1, 0.15) is 18.2 Å². The fourth-order valence-corrected chi connectivity index (χ4v) is 2.19. The van der Waals surface area contributed by atoms with Crippen LogP contribution in [-0.2, 0) is 13.2 Å². The molecule has 2 aromatic rings. The lowest BCUT2D eigenvalue weighted by atomic mass is 10.2. The topological polar surface area (TPSA) is 70.0 Å². The maximum atomic E-state index is 13.1. The molecule has 24 heavy (non-hydrogen) atoms. The summed E-state index contributed by atoms with van der Waals surface area (Å²) in [7, 11) is 0. The third-order valence-electron chi connectivity index (χ3n) is 3.61. The first-order valence-electron chi connectivity index (χ1n) is 7.56. The second kappa shape index (κ2) is 8.31. The molecule has 0 fully saturated rings. The molecule has 1 amide bonds. The highest BCUT2D eigenvalue weighted by Gasteiger charge is 2.18. The van der Waals surface area contributed by atoms with E-state index in [1.807, 2.05) is 0 Å². The molecule has 6 heteroatoms. The van der Waals surface area contributed by atoms with Crippen LogP contribution in [0.15, 0.2) is 48.5 Å². The zero-order valence-electron chi connectivity index (χ0n) is 13.4. The number of amides is 1. The molecule has 0 bridgehead atoms. The van der Waals surface area contributed by atoms with Gasteiger partial charge in [-0.05, 0) is 42.3 Å². The number of carboxylic acid groups (broad SMARTS) is 1. The summed E-state index contributed by atoms with van der Waals surface area (Å²) in [5.74, 6) is 0.304. The van der Waals surface area contributed by atoms with Gasteiger partial charge < -0.3 is 14.9 Å². The number of rotatable bonds is 7. The standard InChI is InChI=1S/C18H20FNO4/c1-13(11-21)20(18(22)23)10-14-5-7-17(8-6-14)24-12-15-3-2-4-16(19)9-15/h2-9,13,21H,10-12H2,1H3,(H,22,23). The van der Waals surface area contributed by atoms with Crippen molar-refractivity contribution in [1.29, 1.82) is 0 Å². The molecule has 0 spiro atoms. The van der Waals surface area contributed by atoms with Crippen LogP contribution in [0, 0.1) is 5.82 Å². The monoisotopic (exact) mass is 333 g/mol. The highest BCUT2D eigenvalue weighted by molar-refractivity contribution is 5.65. The molecule has 0 saturated heterocycles. The van der Waals surface area contributed by atoms with Gasteiger partial charge in [-0.25, -0.2) is 9.18 Å². The number of halogens is 1. The number of benzene rings is 2. The zero-order chi connectivity index (χ0) is 17.5. The average Bonchev–Trinajstić information content (AvgIpc) is 2.58. The first kappa shape index (κ1) is 17.7. The zero-order valence-corrected chi connectivity index (χ0v) is 13.4. The van der Waals surface area contributed by atoms with E-state index in [4.69, 9.17) is 9.84 Å². The van der Waals surface area contributed by atoms with Crippen molar-refractivity contribution in [2.45, 2.75) is 26.1 Å². The molecule has 2 rings (SSSR count). The third kappa shape index (κ3) is 4.96. The second-order valence-corrected chi connectivity index (χ2v) is 5.50. The Bertz CT molecular complexity index is 675. The largest absolute Gasteiger partial charge is 0.489 e. The van der Waals surface area contributed by atoms with E-state index in [0.717, 1.165) is 11.1 Å². The first-order chi connectivity index (χ1) is 11.5. The van der Waals surface area contributed by atoms with E-state index < -0.39 is 12.1 Å². The SMILES string of the molecule is CC(CO)N(Cc1ccc(OCc2cccc(F)c2)cc1)C(=O)O. The minimum atomic E-state index is -1.08. The first-order valence-corrected chi connectivity index (χ1v) is 7.56. The third-order valence-corrected chi connectivity index (χ3v) is 3.61. The molecule has 2 aromatic carbocycles. The Morgan fingerprint density at radius 3 is 2.50 bits per heavy atom. The summed E-state index contributed by atoms with van der Waals surface area (Å²) in [6.07, 6.45) is -1.08. The van der Waals surface area contributed by atoms with Crippen molar-refractivity contribution >= 4 is 6.09 Å². The van der Waals surface area contributed by atoms with Crippen LogP contribution in [0.5, 0.6) is 5.75 Å². The number of ether oxygens (including phenoxy) is 1. The van der Waals surface area contributed by atoms with Gasteiger partial charge in [0, 0.05) is 6.54 Å². The van der Waals surface area contributed by atoms with Crippen LogP contribution in [0.25, 0.3) is 0 Å². The Kier molecular flexibility index (Phi) is 6.14. The van der Waals surface area contributed by atoms with Crippen molar-refractivity contribution in [3.8, 4) is 5.75 Å². The number of hydrogen-bond donors (Lipinski definition) is 2. The average molecular weight is 333 g/mol. The molecule has 5 nitrogen and oxygen atoms in total. The van der Waals surface area contributed by atoms with Gasteiger partial charge in [0.25, 0.3) is 0 Å². The predicted octanol–water partition coefficient (Wildman–Crippen LogP) is 3.27.